The van der Waals surface area contributed by atoms with Crippen molar-refractivity contribution in [2.24, 2.45) is 0 Å². The minimum absolute atomic E-state index is 0.0909. The van der Waals surface area contributed by atoms with Crippen molar-refractivity contribution in [3.05, 3.63) is 65.7 Å². The van der Waals surface area contributed by atoms with Crippen LogP contribution in [-0.4, -0.2) is 37.1 Å². The van der Waals surface area contributed by atoms with E-state index in [0.717, 1.165) is 5.56 Å². The van der Waals surface area contributed by atoms with Gasteiger partial charge in [0, 0.05) is 18.7 Å². The second kappa shape index (κ2) is 7.62. The molecule has 1 amide bonds. The van der Waals surface area contributed by atoms with Gasteiger partial charge in [0.25, 0.3) is 5.91 Å². The van der Waals surface area contributed by atoms with E-state index in [1.807, 2.05) is 30.3 Å². The first-order chi connectivity index (χ1) is 11.8. The molecular formula is C19H18N2O3. The van der Waals surface area contributed by atoms with Crippen molar-refractivity contribution in [2.45, 2.75) is 6.10 Å². The van der Waals surface area contributed by atoms with Gasteiger partial charge in [0.15, 0.2) is 0 Å². The number of ether oxygens (including phenoxy) is 2. The van der Waals surface area contributed by atoms with Gasteiger partial charge in [-0.05, 0) is 18.2 Å². The van der Waals surface area contributed by atoms with Crippen LogP contribution in [0.15, 0.2) is 54.6 Å². The normalized spacial score (nSPS) is 15.4. The Morgan fingerprint density at radius 2 is 1.88 bits per heavy atom. The standard InChI is InChI=1S/C19H18N2O3/c20-14-15-5-4-8-17(13-15)24-18(16-6-2-1-3-7-16)19(22)21-9-11-23-12-10-21/h1-8,13,18H,9-12H2/t18-/m0/s1. The Labute approximate surface area is 141 Å². The van der Waals surface area contributed by atoms with Crippen LogP contribution in [0.3, 0.4) is 0 Å². The number of benzene rings is 2. The van der Waals surface area contributed by atoms with Gasteiger partial charge in [-0.1, -0.05) is 36.4 Å². The molecule has 3 rings (SSSR count). The quantitative estimate of drug-likeness (QED) is 0.868. The third kappa shape index (κ3) is 3.73. The van der Waals surface area contributed by atoms with E-state index in [1.165, 1.54) is 0 Å². The zero-order valence-electron chi connectivity index (χ0n) is 13.2. The van der Waals surface area contributed by atoms with Gasteiger partial charge in [-0.15, -0.1) is 0 Å². The number of hydrogen-bond acceptors (Lipinski definition) is 4. The van der Waals surface area contributed by atoms with E-state index in [1.54, 1.807) is 29.2 Å². The summed E-state index contributed by atoms with van der Waals surface area (Å²) >= 11 is 0. The van der Waals surface area contributed by atoms with Gasteiger partial charge in [-0.3, -0.25) is 4.79 Å². The monoisotopic (exact) mass is 322 g/mol. The Hall–Kier alpha value is -2.84. The molecule has 0 unspecified atom stereocenters. The van der Waals surface area contributed by atoms with Crippen molar-refractivity contribution in [1.29, 1.82) is 5.26 Å². The van der Waals surface area contributed by atoms with Gasteiger partial charge in [0.05, 0.1) is 24.8 Å². The highest BCUT2D eigenvalue weighted by Crippen LogP contribution is 2.25. The molecule has 0 N–H and O–H groups in total. The lowest BCUT2D eigenvalue weighted by molar-refractivity contribution is -0.143. The van der Waals surface area contributed by atoms with Gasteiger partial charge < -0.3 is 14.4 Å². The van der Waals surface area contributed by atoms with Crippen LogP contribution in [0.5, 0.6) is 5.75 Å². The number of hydrogen-bond donors (Lipinski definition) is 0. The third-order valence-electron chi connectivity index (χ3n) is 3.87. The Morgan fingerprint density at radius 1 is 1.12 bits per heavy atom. The fraction of sp³-hybridized carbons (Fsp3) is 0.263. The first-order valence-corrected chi connectivity index (χ1v) is 7.86. The second-order valence-electron chi connectivity index (χ2n) is 5.49. The molecular weight excluding hydrogens is 304 g/mol. The third-order valence-corrected chi connectivity index (χ3v) is 3.87. The second-order valence-corrected chi connectivity index (χ2v) is 5.49. The summed E-state index contributed by atoms with van der Waals surface area (Å²) < 4.78 is 11.3. The number of amides is 1. The lowest BCUT2D eigenvalue weighted by atomic mass is 10.1. The highest BCUT2D eigenvalue weighted by atomic mass is 16.5. The Morgan fingerprint density at radius 3 is 2.58 bits per heavy atom. The number of nitrogens with zero attached hydrogens (tertiary/aromatic N) is 2. The first-order valence-electron chi connectivity index (χ1n) is 7.86. The fourth-order valence-electron chi connectivity index (χ4n) is 2.61. The predicted octanol–water partition coefficient (Wildman–Crippen LogP) is 2.54. The molecule has 0 aromatic heterocycles. The van der Waals surface area contributed by atoms with Gasteiger partial charge in [-0.25, -0.2) is 0 Å². The summed E-state index contributed by atoms with van der Waals surface area (Å²) in [5, 5.41) is 9.03. The number of morpholine rings is 1. The Bertz CT molecular complexity index is 734. The first kappa shape index (κ1) is 16.0. The van der Waals surface area contributed by atoms with Crippen molar-refractivity contribution in [1.82, 2.24) is 4.90 Å². The average molecular weight is 322 g/mol. The summed E-state index contributed by atoms with van der Waals surface area (Å²) in [6.07, 6.45) is -0.738. The minimum atomic E-state index is -0.738. The van der Waals surface area contributed by atoms with Crippen molar-refractivity contribution in [3.63, 3.8) is 0 Å². The molecule has 0 radical (unpaired) electrons. The molecule has 2 aromatic rings. The van der Waals surface area contributed by atoms with Gasteiger partial charge >= 0.3 is 0 Å². The molecule has 1 aliphatic heterocycles. The highest BCUT2D eigenvalue weighted by molar-refractivity contribution is 5.82. The molecule has 1 atom stereocenters. The van der Waals surface area contributed by atoms with E-state index < -0.39 is 6.10 Å². The lowest BCUT2D eigenvalue weighted by Crippen LogP contribution is -2.44. The van der Waals surface area contributed by atoms with Crippen LogP contribution in [0.4, 0.5) is 0 Å². The van der Waals surface area contributed by atoms with E-state index in [4.69, 9.17) is 14.7 Å². The lowest BCUT2D eigenvalue weighted by Gasteiger charge is -2.30. The van der Waals surface area contributed by atoms with Crippen molar-refractivity contribution in [3.8, 4) is 11.8 Å². The molecule has 1 aliphatic rings. The van der Waals surface area contributed by atoms with Crippen LogP contribution < -0.4 is 4.74 Å². The summed E-state index contributed by atoms with van der Waals surface area (Å²) in [5.74, 6) is 0.413. The molecule has 0 bridgehead atoms. The molecule has 1 fully saturated rings. The smallest absolute Gasteiger partial charge is 0.268 e. The molecule has 5 heteroatoms. The molecule has 122 valence electrons. The molecule has 24 heavy (non-hydrogen) atoms. The Kier molecular flexibility index (Phi) is 5.09. The largest absolute Gasteiger partial charge is 0.476 e. The van der Waals surface area contributed by atoms with E-state index in [2.05, 4.69) is 6.07 Å². The number of rotatable bonds is 4. The topological polar surface area (TPSA) is 62.6 Å². The summed E-state index contributed by atoms with van der Waals surface area (Å²) in [7, 11) is 0. The molecule has 5 nitrogen and oxygen atoms in total. The zero-order chi connectivity index (χ0) is 16.8. The molecule has 0 aliphatic carbocycles. The number of carbonyl (C=O) groups excluding carboxylic acids is 1. The maximum absolute atomic E-state index is 12.9. The molecule has 2 aromatic carbocycles. The van der Waals surface area contributed by atoms with E-state index in [0.29, 0.717) is 37.6 Å². The van der Waals surface area contributed by atoms with Gasteiger partial charge in [0.2, 0.25) is 6.10 Å². The molecule has 1 saturated heterocycles. The molecule has 0 spiro atoms. The van der Waals surface area contributed by atoms with Crippen molar-refractivity contribution in [2.75, 3.05) is 26.3 Å². The van der Waals surface area contributed by atoms with Crippen LogP contribution in [-0.2, 0) is 9.53 Å². The molecule has 1 heterocycles. The summed E-state index contributed by atoms with van der Waals surface area (Å²) in [4.78, 5) is 14.7. The van der Waals surface area contributed by atoms with Gasteiger partial charge in [-0.2, -0.15) is 5.26 Å². The van der Waals surface area contributed by atoms with E-state index in [9.17, 15) is 4.79 Å². The van der Waals surface area contributed by atoms with Crippen LogP contribution in [0, 0.1) is 11.3 Å². The average Bonchev–Trinajstić information content (AvgIpc) is 2.67. The zero-order valence-corrected chi connectivity index (χ0v) is 13.2. The summed E-state index contributed by atoms with van der Waals surface area (Å²) in [6.45, 7) is 2.20. The van der Waals surface area contributed by atoms with E-state index >= 15 is 0 Å². The van der Waals surface area contributed by atoms with Gasteiger partial charge in [0.1, 0.15) is 5.75 Å². The van der Waals surface area contributed by atoms with Crippen LogP contribution >= 0.6 is 0 Å². The van der Waals surface area contributed by atoms with Crippen LogP contribution in [0.25, 0.3) is 0 Å². The number of carbonyl (C=O) groups is 1. The number of nitriles is 1. The van der Waals surface area contributed by atoms with Crippen molar-refractivity contribution >= 4 is 5.91 Å². The maximum Gasteiger partial charge on any atom is 0.268 e. The van der Waals surface area contributed by atoms with E-state index in [-0.39, 0.29) is 5.91 Å². The molecule has 0 saturated carbocycles. The predicted molar refractivity (Wildman–Crippen MR) is 88.4 cm³/mol. The highest BCUT2D eigenvalue weighted by Gasteiger charge is 2.29. The van der Waals surface area contributed by atoms with Crippen LogP contribution in [0.2, 0.25) is 0 Å². The summed E-state index contributed by atoms with van der Waals surface area (Å²) in [6, 6.07) is 18.3. The Balaban J connectivity index is 1.87. The maximum atomic E-state index is 12.9. The van der Waals surface area contributed by atoms with Crippen LogP contribution in [0.1, 0.15) is 17.2 Å². The fourth-order valence-corrected chi connectivity index (χ4v) is 2.61. The summed E-state index contributed by atoms with van der Waals surface area (Å²) in [5.41, 5.74) is 1.29. The van der Waals surface area contributed by atoms with Crippen molar-refractivity contribution < 1.29 is 14.3 Å². The minimum Gasteiger partial charge on any atom is -0.476 e. The SMILES string of the molecule is N#Cc1cccc(O[C@H](C(=O)N2CCOCC2)c2ccccc2)c1.